The van der Waals surface area contributed by atoms with Crippen LogP contribution in [0.5, 0.6) is 11.5 Å². The molecule has 1 fully saturated rings. The van der Waals surface area contributed by atoms with Crippen LogP contribution >= 0.6 is 0 Å². The highest BCUT2D eigenvalue weighted by molar-refractivity contribution is 7.89. The van der Waals surface area contributed by atoms with Gasteiger partial charge in [-0.1, -0.05) is 5.16 Å². The van der Waals surface area contributed by atoms with Crippen LogP contribution in [0.1, 0.15) is 30.6 Å². The van der Waals surface area contributed by atoms with E-state index >= 15 is 0 Å². The van der Waals surface area contributed by atoms with Crippen LogP contribution in [0, 0.1) is 6.92 Å². The lowest BCUT2D eigenvalue weighted by Gasteiger charge is -2.22. The number of methoxy groups -OCH3 is 2. The first-order valence-electron chi connectivity index (χ1n) is 7.51. The molecule has 0 amide bonds. The Morgan fingerprint density at radius 2 is 2.00 bits per heavy atom. The van der Waals surface area contributed by atoms with Crippen molar-refractivity contribution in [3.05, 3.63) is 29.9 Å². The largest absolute Gasteiger partial charge is 0.493 e. The van der Waals surface area contributed by atoms with Crippen LogP contribution in [-0.4, -0.2) is 43.6 Å². The summed E-state index contributed by atoms with van der Waals surface area (Å²) < 4.78 is 43.0. The first kappa shape index (κ1) is 16.7. The first-order valence-corrected chi connectivity index (χ1v) is 8.95. The Kier molecular flexibility index (Phi) is 4.46. The minimum absolute atomic E-state index is 0.142. The molecule has 0 radical (unpaired) electrons. The molecule has 2 aromatic rings. The van der Waals surface area contributed by atoms with Gasteiger partial charge in [-0.05, 0) is 31.9 Å². The standard InChI is InChI=1S/C15H19N3O5S/c1-10-16-15(23-17-10)12-5-4-8-18(12)24(19,20)11-6-7-13(21-2)14(9-11)22-3/h6-7,9,12H,4-5,8H2,1-3H3. The van der Waals surface area contributed by atoms with Crippen LogP contribution in [0.2, 0.25) is 0 Å². The molecule has 1 aliphatic rings. The smallest absolute Gasteiger partial charge is 0.245 e. The molecule has 3 rings (SSSR count). The van der Waals surface area contributed by atoms with Crippen molar-refractivity contribution in [2.75, 3.05) is 20.8 Å². The molecular weight excluding hydrogens is 334 g/mol. The molecule has 1 aliphatic heterocycles. The molecule has 1 aromatic heterocycles. The van der Waals surface area contributed by atoms with E-state index in [2.05, 4.69) is 10.1 Å². The van der Waals surface area contributed by atoms with E-state index in [-0.39, 0.29) is 4.90 Å². The van der Waals surface area contributed by atoms with Crippen LogP contribution in [0.15, 0.2) is 27.6 Å². The maximum Gasteiger partial charge on any atom is 0.245 e. The van der Waals surface area contributed by atoms with Crippen LogP contribution < -0.4 is 9.47 Å². The van der Waals surface area contributed by atoms with E-state index < -0.39 is 16.1 Å². The summed E-state index contributed by atoms with van der Waals surface area (Å²) in [4.78, 5) is 4.32. The molecule has 8 nitrogen and oxygen atoms in total. The van der Waals surface area contributed by atoms with Crippen molar-refractivity contribution in [2.45, 2.75) is 30.7 Å². The fourth-order valence-corrected chi connectivity index (χ4v) is 4.50. The fourth-order valence-electron chi connectivity index (χ4n) is 2.84. The van der Waals surface area contributed by atoms with E-state index in [0.717, 1.165) is 6.42 Å². The van der Waals surface area contributed by atoms with Gasteiger partial charge in [0.05, 0.1) is 19.1 Å². The lowest BCUT2D eigenvalue weighted by atomic mass is 10.2. The molecule has 1 aromatic carbocycles. The minimum atomic E-state index is -3.71. The molecular formula is C15H19N3O5S. The van der Waals surface area contributed by atoms with Crippen molar-refractivity contribution in [3.63, 3.8) is 0 Å². The van der Waals surface area contributed by atoms with Gasteiger partial charge in [-0.3, -0.25) is 0 Å². The van der Waals surface area contributed by atoms with Crippen molar-refractivity contribution >= 4 is 10.0 Å². The number of hydrogen-bond donors (Lipinski definition) is 0. The summed E-state index contributed by atoms with van der Waals surface area (Å²) >= 11 is 0. The van der Waals surface area contributed by atoms with Crippen molar-refractivity contribution in [1.82, 2.24) is 14.4 Å². The van der Waals surface area contributed by atoms with Crippen LogP contribution in [-0.2, 0) is 10.0 Å². The summed E-state index contributed by atoms with van der Waals surface area (Å²) in [6.45, 7) is 2.11. The summed E-state index contributed by atoms with van der Waals surface area (Å²) in [7, 11) is -0.748. The van der Waals surface area contributed by atoms with E-state index in [9.17, 15) is 8.42 Å². The average molecular weight is 353 g/mol. The molecule has 2 heterocycles. The topological polar surface area (TPSA) is 94.8 Å². The molecule has 1 saturated heterocycles. The van der Waals surface area contributed by atoms with Crippen molar-refractivity contribution in [2.24, 2.45) is 0 Å². The molecule has 130 valence electrons. The van der Waals surface area contributed by atoms with Crippen LogP contribution in [0.3, 0.4) is 0 Å². The number of ether oxygens (including phenoxy) is 2. The summed E-state index contributed by atoms with van der Waals surface area (Å²) in [5.74, 6) is 1.65. The molecule has 9 heteroatoms. The molecule has 0 N–H and O–H groups in total. The van der Waals surface area contributed by atoms with E-state index in [0.29, 0.717) is 36.2 Å². The Morgan fingerprint density at radius 3 is 2.62 bits per heavy atom. The molecule has 0 bridgehead atoms. The maximum absolute atomic E-state index is 13.0. The number of aromatic nitrogens is 2. The van der Waals surface area contributed by atoms with Gasteiger partial charge >= 0.3 is 0 Å². The molecule has 0 aliphatic carbocycles. The second kappa shape index (κ2) is 6.40. The van der Waals surface area contributed by atoms with Gasteiger partial charge in [-0.15, -0.1) is 0 Å². The van der Waals surface area contributed by atoms with Gasteiger partial charge in [-0.2, -0.15) is 9.29 Å². The van der Waals surface area contributed by atoms with Gasteiger partial charge in [0, 0.05) is 12.6 Å². The maximum atomic E-state index is 13.0. The van der Waals surface area contributed by atoms with E-state index in [1.807, 2.05) is 0 Å². The zero-order valence-corrected chi connectivity index (χ0v) is 14.5. The third kappa shape index (κ3) is 2.84. The zero-order chi connectivity index (χ0) is 17.3. The van der Waals surface area contributed by atoms with Crippen molar-refractivity contribution in [1.29, 1.82) is 0 Å². The quantitative estimate of drug-likeness (QED) is 0.810. The molecule has 1 atom stereocenters. The van der Waals surface area contributed by atoms with Crippen molar-refractivity contribution < 1.29 is 22.4 Å². The van der Waals surface area contributed by atoms with Crippen LogP contribution in [0.4, 0.5) is 0 Å². The molecule has 0 saturated carbocycles. The third-order valence-corrected chi connectivity index (χ3v) is 5.90. The minimum Gasteiger partial charge on any atom is -0.493 e. The predicted octanol–water partition coefficient (Wildman–Crippen LogP) is 1.92. The summed E-state index contributed by atoms with van der Waals surface area (Å²) in [6.07, 6.45) is 1.38. The average Bonchev–Trinajstić information content (AvgIpc) is 3.22. The van der Waals surface area contributed by atoms with Gasteiger partial charge in [-0.25, -0.2) is 8.42 Å². The Morgan fingerprint density at radius 1 is 1.25 bits per heavy atom. The van der Waals surface area contributed by atoms with Gasteiger partial charge in [0.15, 0.2) is 17.3 Å². The first-order chi connectivity index (χ1) is 11.5. The Balaban J connectivity index is 1.97. The van der Waals surface area contributed by atoms with E-state index in [1.165, 1.54) is 30.7 Å². The third-order valence-electron chi connectivity index (χ3n) is 3.99. The number of nitrogens with zero attached hydrogens (tertiary/aromatic N) is 3. The number of benzene rings is 1. The van der Waals surface area contributed by atoms with Gasteiger partial charge in [0.1, 0.15) is 6.04 Å². The normalized spacial score (nSPS) is 18.7. The van der Waals surface area contributed by atoms with E-state index in [1.54, 1.807) is 13.0 Å². The van der Waals surface area contributed by atoms with Gasteiger partial charge in [0.2, 0.25) is 15.9 Å². The molecule has 1 unspecified atom stereocenters. The number of hydrogen-bond acceptors (Lipinski definition) is 7. The predicted molar refractivity (Wildman–Crippen MR) is 84.4 cm³/mol. The number of sulfonamides is 1. The zero-order valence-electron chi connectivity index (χ0n) is 13.7. The highest BCUT2D eigenvalue weighted by Gasteiger charge is 2.39. The lowest BCUT2D eigenvalue weighted by molar-refractivity contribution is 0.289. The van der Waals surface area contributed by atoms with E-state index in [4.69, 9.17) is 14.0 Å². The fraction of sp³-hybridized carbons (Fsp3) is 0.467. The second-order valence-corrected chi connectivity index (χ2v) is 7.36. The highest BCUT2D eigenvalue weighted by Crippen LogP contribution is 2.37. The molecule has 0 spiro atoms. The highest BCUT2D eigenvalue weighted by atomic mass is 32.2. The Bertz CT molecular complexity index is 833. The summed E-state index contributed by atoms with van der Waals surface area (Å²) in [6, 6.07) is 4.10. The number of rotatable bonds is 5. The monoisotopic (exact) mass is 353 g/mol. The van der Waals surface area contributed by atoms with Crippen LogP contribution in [0.25, 0.3) is 0 Å². The molecule has 24 heavy (non-hydrogen) atoms. The van der Waals surface area contributed by atoms with Crippen molar-refractivity contribution in [3.8, 4) is 11.5 Å². The Hall–Kier alpha value is -2.13. The summed E-state index contributed by atoms with van der Waals surface area (Å²) in [5.41, 5.74) is 0. The van der Waals surface area contributed by atoms with Gasteiger partial charge in [0.25, 0.3) is 0 Å². The second-order valence-electron chi connectivity index (χ2n) is 5.47. The Labute approximate surface area is 140 Å². The lowest BCUT2D eigenvalue weighted by Crippen LogP contribution is -2.30. The van der Waals surface area contributed by atoms with Gasteiger partial charge < -0.3 is 14.0 Å². The SMILES string of the molecule is COc1ccc(S(=O)(=O)N2CCCC2c2nc(C)no2)cc1OC. The number of aryl methyl sites for hydroxylation is 1. The summed E-state index contributed by atoms with van der Waals surface area (Å²) in [5, 5.41) is 3.76.